The zero-order valence-corrected chi connectivity index (χ0v) is 12.8. The Hall–Kier alpha value is -1.46. The zero-order valence-electron chi connectivity index (χ0n) is 12.1. The summed E-state index contributed by atoms with van der Waals surface area (Å²) >= 11 is 6.25. The monoisotopic (exact) mass is 301 g/mol. The largest absolute Gasteiger partial charge is 0.493 e. The number of aliphatic carboxylic acids is 1. The second-order valence-corrected chi connectivity index (χ2v) is 5.20. The molecule has 0 aliphatic rings. The minimum atomic E-state index is -1.06. The molecule has 0 aliphatic heterocycles. The van der Waals surface area contributed by atoms with Crippen LogP contribution in [0.4, 0.5) is 0 Å². The lowest BCUT2D eigenvalue weighted by Gasteiger charge is -2.21. The van der Waals surface area contributed by atoms with E-state index in [2.05, 4.69) is 0 Å². The van der Waals surface area contributed by atoms with Crippen molar-refractivity contribution in [2.75, 3.05) is 14.2 Å². The highest BCUT2D eigenvalue weighted by atomic mass is 35.5. The van der Waals surface area contributed by atoms with Crippen LogP contribution in [-0.4, -0.2) is 31.3 Å². The maximum atomic E-state index is 10.9. The predicted octanol–water partition coefficient (Wildman–Crippen LogP) is 2.44. The number of rotatable bonds is 6. The summed E-state index contributed by atoms with van der Waals surface area (Å²) in [4.78, 5) is 10.9. The first-order valence-corrected chi connectivity index (χ1v) is 6.62. The van der Waals surface area contributed by atoms with E-state index in [9.17, 15) is 4.79 Å². The number of ether oxygens (including phenoxy) is 2. The normalized spacial score (nSPS) is 12.3. The van der Waals surface area contributed by atoms with Crippen LogP contribution in [0.15, 0.2) is 6.07 Å². The fraction of sp³-hybridized carbons (Fsp3) is 0.500. The van der Waals surface area contributed by atoms with Gasteiger partial charge in [-0.15, -0.1) is 0 Å². The molecule has 0 aliphatic carbocycles. The third-order valence-corrected chi connectivity index (χ3v) is 3.42. The van der Waals surface area contributed by atoms with Crippen molar-refractivity contribution in [1.29, 1.82) is 0 Å². The van der Waals surface area contributed by atoms with Gasteiger partial charge in [-0.3, -0.25) is 4.79 Å². The van der Waals surface area contributed by atoms with Gasteiger partial charge >= 0.3 is 5.97 Å². The Labute approximate surface area is 123 Å². The molecule has 0 fully saturated rings. The van der Waals surface area contributed by atoms with E-state index in [-0.39, 0.29) is 12.3 Å². The Morgan fingerprint density at radius 2 is 2.00 bits per heavy atom. The molecule has 0 aromatic heterocycles. The molecule has 0 bridgehead atoms. The second-order valence-electron chi connectivity index (χ2n) is 4.79. The SMILES string of the molecule is COc1cc(Cl)c(CC(N)C(=O)O)c(C(C)C)c1OC. The van der Waals surface area contributed by atoms with Gasteiger partial charge in [0.1, 0.15) is 6.04 Å². The van der Waals surface area contributed by atoms with E-state index in [1.165, 1.54) is 7.11 Å². The molecule has 0 radical (unpaired) electrons. The quantitative estimate of drug-likeness (QED) is 0.843. The van der Waals surface area contributed by atoms with Crippen molar-refractivity contribution in [3.63, 3.8) is 0 Å². The fourth-order valence-electron chi connectivity index (χ4n) is 2.15. The standard InChI is InChI=1S/C14H20ClNO4/c1-7(2)12-8(5-10(16)14(17)18)9(15)6-11(19-3)13(12)20-4/h6-7,10H,5,16H2,1-4H3,(H,17,18). The minimum absolute atomic E-state index is 0.0912. The van der Waals surface area contributed by atoms with Crippen molar-refractivity contribution in [3.05, 3.63) is 22.2 Å². The van der Waals surface area contributed by atoms with Crippen LogP contribution >= 0.6 is 11.6 Å². The highest BCUT2D eigenvalue weighted by molar-refractivity contribution is 6.31. The average molecular weight is 302 g/mol. The number of methoxy groups -OCH3 is 2. The van der Waals surface area contributed by atoms with Gasteiger partial charge in [0.2, 0.25) is 0 Å². The van der Waals surface area contributed by atoms with Crippen molar-refractivity contribution < 1.29 is 19.4 Å². The van der Waals surface area contributed by atoms with Gasteiger partial charge in [0.15, 0.2) is 11.5 Å². The fourth-order valence-corrected chi connectivity index (χ4v) is 2.43. The molecule has 20 heavy (non-hydrogen) atoms. The van der Waals surface area contributed by atoms with Gasteiger partial charge < -0.3 is 20.3 Å². The van der Waals surface area contributed by atoms with Crippen LogP contribution < -0.4 is 15.2 Å². The highest BCUT2D eigenvalue weighted by Crippen LogP contribution is 2.42. The predicted molar refractivity (Wildman–Crippen MR) is 78.0 cm³/mol. The van der Waals surface area contributed by atoms with Gasteiger partial charge in [0, 0.05) is 23.1 Å². The first-order chi connectivity index (χ1) is 9.33. The van der Waals surface area contributed by atoms with E-state index in [1.807, 2.05) is 13.8 Å². The number of halogens is 1. The third-order valence-electron chi connectivity index (χ3n) is 3.08. The van der Waals surface area contributed by atoms with Gasteiger partial charge in [-0.05, 0) is 11.5 Å². The molecule has 0 saturated heterocycles. The molecule has 1 unspecified atom stereocenters. The molecule has 3 N–H and O–H groups in total. The van der Waals surface area contributed by atoms with E-state index in [0.717, 1.165) is 5.56 Å². The maximum absolute atomic E-state index is 10.9. The molecule has 1 rings (SSSR count). The lowest BCUT2D eigenvalue weighted by Crippen LogP contribution is -2.32. The number of hydrogen-bond acceptors (Lipinski definition) is 4. The van der Waals surface area contributed by atoms with E-state index in [1.54, 1.807) is 13.2 Å². The van der Waals surface area contributed by atoms with Gasteiger partial charge in [-0.25, -0.2) is 0 Å². The molecule has 5 nitrogen and oxygen atoms in total. The Morgan fingerprint density at radius 1 is 1.40 bits per heavy atom. The molecule has 0 spiro atoms. The Bertz CT molecular complexity index is 502. The van der Waals surface area contributed by atoms with E-state index in [0.29, 0.717) is 22.1 Å². The van der Waals surface area contributed by atoms with E-state index in [4.69, 9.17) is 31.9 Å². The molecule has 1 aromatic rings. The topological polar surface area (TPSA) is 81.8 Å². The molecule has 0 heterocycles. The molecular weight excluding hydrogens is 282 g/mol. The molecule has 6 heteroatoms. The zero-order chi connectivity index (χ0) is 15.4. The molecule has 112 valence electrons. The Kier molecular flexibility index (Phi) is 5.65. The Balaban J connectivity index is 3.45. The molecule has 0 saturated carbocycles. The summed E-state index contributed by atoms with van der Waals surface area (Å²) < 4.78 is 10.7. The summed E-state index contributed by atoms with van der Waals surface area (Å²) in [5.41, 5.74) is 7.13. The van der Waals surface area contributed by atoms with Crippen molar-refractivity contribution in [1.82, 2.24) is 0 Å². The number of nitrogens with two attached hydrogens (primary N) is 1. The van der Waals surface area contributed by atoms with Gasteiger partial charge in [0.25, 0.3) is 0 Å². The molecule has 0 amide bonds. The van der Waals surface area contributed by atoms with Gasteiger partial charge in [0.05, 0.1) is 14.2 Å². The number of benzene rings is 1. The van der Waals surface area contributed by atoms with Gasteiger partial charge in [-0.1, -0.05) is 25.4 Å². The summed E-state index contributed by atoms with van der Waals surface area (Å²) in [5.74, 6) is 0.118. The van der Waals surface area contributed by atoms with E-state index >= 15 is 0 Å². The molecule has 1 aromatic carbocycles. The van der Waals surface area contributed by atoms with Gasteiger partial charge in [-0.2, -0.15) is 0 Å². The van der Waals surface area contributed by atoms with Crippen molar-refractivity contribution in [2.45, 2.75) is 32.2 Å². The van der Waals surface area contributed by atoms with Crippen LogP contribution in [0, 0.1) is 0 Å². The smallest absolute Gasteiger partial charge is 0.320 e. The third kappa shape index (κ3) is 3.35. The van der Waals surface area contributed by atoms with Crippen molar-refractivity contribution >= 4 is 17.6 Å². The minimum Gasteiger partial charge on any atom is -0.493 e. The summed E-state index contributed by atoms with van der Waals surface area (Å²) in [5, 5.41) is 9.40. The summed E-state index contributed by atoms with van der Waals surface area (Å²) in [6.45, 7) is 3.95. The number of carboxylic acid groups (broad SMARTS) is 1. The molecule has 1 atom stereocenters. The van der Waals surface area contributed by atoms with Crippen LogP contribution in [0.5, 0.6) is 11.5 Å². The summed E-state index contributed by atoms with van der Waals surface area (Å²) in [7, 11) is 3.07. The van der Waals surface area contributed by atoms with Crippen LogP contribution in [0.1, 0.15) is 30.9 Å². The van der Waals surface area contributed by atoms with Crippen LogP contribution in [0.2, 0.25) is 5.02 Å². The number of carboxylic acids is 1. The first kappa shape index (κ1) is 16.6. The summed E-state index contributed by atoms with van der Waals surface area (Å²) in [6.07, 6.45) is 0.141. The van der Waals surface area contributed by atoms with Crippen LogP contribution in [0.3, 0.4) is 0 Å². The maximum Gasteiger partial charge on any atom is 0.320 e. The van der Waals surface area contributed by atoms with E-state index < -0.39 is 12.0 Å². The first-order valence-electron chi connectivity index (χ1n) is 6.25. The highest BCUT2D eigenvalue weighted by Gasteiger charge is 2.24. The number of carbonyl (C=O) groups is 1. The lowest BCUT2D eigenvalue weighted by atomic mass is 9.91. The average Bonchev–Trinajstić information content (AvgIpc) is 2.39. The Morgan fingerprint density at radius 3 is 2.40 bits per heavy atom. The number of hydrogen-bond donors (Lipinski definition) is 2. The van der Waals surface area contributed by atoms with Crippen molar-refractivity contribution in [3.8, 4) is 11.5 Å². The lowest BCUT2D eigenvalue weighted by molar-refractivity contribution is -0.138. The molecular formula is C14H20ClNO4. The van der Waals surface area contributed by atoms with Crippen LogP contribution in [-0.2, 0) is 11.2 Å². The van der Waals surface area contributed by atoms with Crippen molar-refractivity contribution in [2.24, 2.45) is 5.73 Å². The summed E-state index contributed by atoms with van der Waals surface area (Å²) in [6, 6.07) is 0.610. The second kappa shape index (κ2) is 6.81. The van der Waals surface area contributed by atoms with Crippen LogP contribution in [0.25, 0.3) is 0 Å².